The SMILES string of the molecule is CCCCCO[C@@H]1CCC[C@H](C2CCC(C3CCC(CCCC)CC3)CC2)C1. The zero-order chi connectivity index (χ0) is 19.6. The maximum Gasteiger partial charge on any atom is 0.0577 e. The van der Waals surface area contributed by atoms with Crippen LogP contribution in [0.1, 0.15) is 129 Å². The summed E-state index contributed by atoms with van der Waals surface area (Å²) in [5.41, 5.74) is 0. The Morgan fingerprint density at radius 1 is 0.607 bits per heavy atom. The summed E-state index contributed by atoms with van der Waals surface area (Å²) in [4.78, 5) is 0. The van der Waals surface area contributed by atoms with Crippen molar-refractivity contribution in [1.82, 2.24) is 0 Å². The number of hydrogen-bond donors (Lipinski definition) is 0. The fraction of sp³-hybridized carbons (Fsp3) is 1.00. The predicted molar refractivity (Wildman–Crippen MR) is 122 cm³/mol. The van der Waals surface area contributed by atoms with Crippen molar-refractivity contribution >= 4 is 0 Å². The Labute approximate surface area is 176 Å². The second kappa shape index (κ2) is 12.6. The molecule has 1 nitrogen and oxygen atoms in total. The molecule has 164 valence electrons. The third-order valence-corrected chi connectivity index (χ3v) is 8.78. The molecule has 0 unspecified atom stereocenters. The van der Waals surface area contributed by atoms with Crippen LogP contribution in [-0.2, 0) is 4.74 Å². The first kappa shape index (κ1) is 22.6. The minimum absolute atomic E-state index is 0.590. The van der Waals surface area contributed by atoms with E-state index in [1.165, 1.54) is 77.0 Å². The van der Waals surface area contributed by atoms with Crippen molar-refractivity contribution in [1.29, 1.82) is 0 Å². The minimum atomic E-state index is 0.590. The molecule has 3 aliphatic carbocycles. The van der Waals surface area contributed by atoms with Crippen LogP contribution < -0.4 is 0 Å². The fourth-order valence-corrected chi connectivity index (χ4v) is 6.89. The van der Waals surface area contributed by atoms with Crippen LogP contribution >= 0.6 is 0 Å². The van der Waals surface area contributed by atoms with Gasteiger partial charge in [-0.15, -0.1) is 0 Å². The zero-order valence-electron chi connectivity index (χ0n) is 19.3. The summed E-state index contributed by atoms with van der Waals surface area (Å²) < 4.78 is 6.26. The van der Waals surface area contributed by atoms with Crippen molar-refractivity contribution in [2.24, 2.45) is 29.6 Å². The van der Waals surface area contributed by atoms with Crippen LogP contribution in [0.2, 0.25) is 0 Å². The van der Waals surface area contributed by atoms with Crippen molar-refractivity contribution in [3.8, 4) is 0 Å². The van der Waals surface area contributed by atoms with Crippen molar-refractivity contribution in [3.05, 3.63) is 0 Å². The highest BCUT2D eigenvalue weighted by Gasteiger charge is 2.35. The third kappa shape index (κ3) is 7.03. The van der Waals surface area contributed by atoms with E-state index in [-0.39, 0.29) is 0 Å². The Morgan fingerprint density at radius 2 is 1.21 bits per heavy atom. The molecule has 0 bridgehead atoms. The Balaban J connectivity index is 1.33. The molecule has 0 saturated heterocycles. The predicted octanol–water partition coefficient (Wildman–Crippen LogP) is 8.56. The molecular formula is C27H50O. The highest BCUT2D eigenvalue weighted by atomic mass is 16.5. The van der Waals surface area contributed by atoms with Gasteiger partial charge in [0.25, 0.3) is 0 Å². The number of rotatable bonds is 10. The van der Waals surface area contributed by atoms with Gasteiger partial charge >= 0.3 is 0 Å². The van der Waals surface area contributed by atoms with Crippen molar-refractivity contribution in [3.63, 3.8) is 0 Å². The van der Waals surface area contributed by atoms with E-state index in [1.807, 2.05) is 0 Å². The normalized spacial score (nSPS) is 37.1. The average Bonchev–Trinajstić information content (AvgIpc) is 2.76. The van der Waals surface area contributed by atoms with E-state index in [2.05, 4.69) is 13.8 Å². The van der Waals surface area contributed by atoms with Crippen LogP contribution in [0.3, 0.4) is 0 Å². The lowest BCUT2D eigenvalue weighted by Gasteiger charge is -2.41. The van der Waals surface area contributed by atoms with Gasteiger partial charge in [0.05, 0.1) is 6.10 Å². The van der Waals surface area contributed by atoms with Gasteiger partial charge in [-0.2, -0.15) is 0 Å². The molecule has 3 rings (SSSR count). The molecule has 0 aromatic heterocycles. The minimum Gasteiger partial charge on any atom is -0.378 e. The van der Waals surface area contributed by atoms with Crippen LogP contribution in [0.5, 0.6) is 0 Å². The van der Waals surface area contributed by atoms with Crippen LogP contribution in [0.15, 0.2) is 0 Å². The summed E-state index contributed by atoms with van der Waals surface area (Å²) in [6.45, 7) is 5.64. The van der Waals surface area contributed by atoms with E-state index < -0.39 is 0 Å². The van der Waals surface area contributed by atoms with Gasteiger partial charge in [-0.3, -0.25) is 0 Å². The van der Waals surface area contributed by atoms with Crippen LogP contribution in [0.25, 0.3) is 0 Å². The van der Waals surface area contributed by atoms with Gasteiger partial charge in [0.15, 0.2) is 0 Å². The monoisotopic (exact) mass is 390 g/mol. The number of hydrogen-bond acceptors (Lipinski definition) is 1. The highest BCUT2D eigenvalue weighted by Crippen LogP contribution is 2.46. The molecule has 1 heteroatoms. The molecule has 2 atom stereocenters. The van der Waals surface area contributed by atoms with Crippen LogP contribution in [0, 0.1) is 29.6 Å². The second-order valence-electron chi connectivity index (χ2n) is 10.7. The van der Waals surface area contributed by atoms with E-state index in [1.54, 1.807) is 38.5 Å². The summed E-state index contributed by atoms with van der Waals surface area (Å²) in [6.07, 6.45) is 26.9. The van der Waals surface area contributed by atoms with Crippen molar-refractivity contribution in [2.75, 3.05) is 6.61 Å². The first-order chi connectivity index (χ1) is 13.8. The average molecular weight is 391 g/mol. The van der Waals surface area contributed by atoms with Gasteiger partial charge < -0.3 is 4.74 Å². The Hall–Kier alpha value is -0.0400. The quantitative estimate of drug-likeness (QED) is 0.339. The third-order valence-electron chi connectivity index (χ3n) is 8.78. The lowest BCUT2D eigenvalue weighted by Crippen LogP contribution is -2.32. The summed E-state index contributed by atoms with van der Waals surface area (Å²) in [6, 6.07) is 0. The summed E-state index contributed by atoms with van der Waals surface area (Å²) in [5, 5.41) is 0. The molecule has 0 aliphatic heterocycles. The maximum absolute atomic E-state index is 6.26. The van der Waals surface area contributed by atoms with Crippen LogP contribution in [-0.4, -0.2) is 12.7 Å². The standard InChI is InChI=1S/C27H50O/c1-3-5-7-20-28-27-11-8-10-26(21-27)25-18-16-24(17-19-25)23-14-12-22(13-15-23)9-6-4-2/h22-27H,3-21H2,1-2H3/t22?,23?,24?,25?,26-,27+/m0/s1. The van der Waals surface area contributed by atoms with Gasteiger partial charge in [0, 0.05) is 6.61 Å². The van der Waals surface area contributed by atoms with E-state index in [0.29, 0.717) is 6.10 Å². The molecule has 0 aromatic rings. The second-order valence-corrected chi connectivity index (χ2v) is 10.7. The molecule has 0 aromatic carbocycles. The van der Waals surface area contributed by atoms with E-state index >= 15 is 0 Å². The molecule has 0 amide bonds. The van der Waals surface area contributed by atoms with Crippen molar-refractivity contribution in [2.45, 2.75) is 136 Å². The molecule has 3 saturated carbocycles. The molecule has 28 heavy (non-hydrogen) atoms. The highest BCUT2D eigenvalue weighted by molar-refractivity contribution is 4.86. The molecule has 0 N–H and O–H groups in total. The van der Waals surface area contributed by atoms with Gasteiger partial charge in [0.2, 0.25) is 0 Å². The van der Waals surface area contributed by atoms with Gasteiger partial charge in [0.1, 0.15) is 0 Å². The topological polar surface area (TPSA) is 9.23 Å². The molecule has 0 heterocycles. The largest absolute Gasteiger partial charge is 0.378 e. The fourth-order valence-electron chi connectivity index (χ4n) is 6.89. The van der Waals surface area contributed by atoms with Gasteiger partial charge in [-0.05, 0) is 93.8 Å². The molecular weight excluding hydrogens is 340 g/mol. The van der Waals surface area contributed by atoms with E-state index in [0.717, 1.165) is 36.2 Å². The Kier molecular flexibility index (Phi) is 10.2. The molecule has 0 radical (unpaired) electrons. The Morgan fingerprint density at radius 3 is 1.86 bits per heavy atom. The number of unbranched alkanes of at least 4 members (excludes halogenated alkanes) is 3. The lowest BCUT2D eigenvalue weighted by molar-refractivity contribution is -0.00533. The summed E-state index contributed by atoms with van der Waals surface area (Å²) >= 11 is 0. The number of ether oxygens (including phenoxy) is 1. The molecule has 3 aliphatic rings. The Bertz CT molecular complexity index is 389. The van der Waals surface area contributed by atoms with Crippen LogP contribution in [0.4, 0.5) is 0 Å². The van der Waals surface area contributed by atoms with E-state index in [9.17, 15) is 0 Å². The molecule has 3 fully saturated rings. The first-order valence-corrected chi connectivity index (χ1v) is 13.4. The van der Waals surface area contributed by atoms with E-state index in [4.69, 9.17) is 4.74 Å². The maximum atomic E-state index is 6.26. The van der Waals surface area contributed by atoms with Crippen molar-refractivity contribution < 1.29 is 4.74 Å². The first-order valence-electron chi connectivity index (χ1n) is 13.4. The smallest absolute Gasteiger partial charge is 0.0577 e. The zero-order valence-corrected chi connectivity index (χ0v) is 19.3. The lowest BCUT2D eigenvalue weighted by atomic mass is 9.65. The van der Waals surface area contributed by atoms with Gasteiger partial charge in [-0.1, -0.05) is 65.2 Å². The summed E-state index contributed by atoms with van der Waals surface area (Å²) in [5.74, 6) is 5.24. The summed E-state index contributed by atoms with van der Waals surface area (Å²) in [7, 11) is 0. The molecule has 0 spiro atoms. The van der Waals surface area contributed by atoms with Gasteiger partial charge in [-0.25, -0.2) is 0 Å².